The summed E-state index contributed by atoms with van der Waals surface area (Å²) < 4.78 is 6.40. The lowest BCUT2D eigenvalue weighted by molar-refractivity contribution is -0.192. The van der Waals surface area contributed by atoms with Crippen LogP contribution in [0, 0.1) is 5.92 Å². The third-order valence-corrected chi connectivity index (χ3v) is 7.54. The lowest BCUT2D eigenvalue weighted by Gasteiger charge is -2.64. The fourth-order valence-corrected chi connectivity index (χ4v) is 6.61. The summed E-state index contributed by atoms with van der Waals surface area (Å²) >= 11 is 0. The standard InChI is InChI=1S/C21H30N2O3/c1-12(2)11-23-9-8-20-17-13-4-5-15(24)18(17)26-19(20)14(22-3)6-7-21(20,25)16(23)10-13/h4-5,12,14,16,19,22,24-25H,6-11H2,1-3H3/t14-,16-,19+,20+,21-/m1/s1. The highest BCUT2D eigenvalue weighted by molar-refractivity contribution is 5.62. The second-order valence-corrected chi connectivity index (χ2v) is 9.17. The van der Waals surface area contributed by atoms with Gasteiger partial charge in [-0.1, -0.05) is 19.9 Å². The Bertz CT molecular complexity index is 751. The van der Waals surface area contributed by atoms with Gasteiger partial charge in [0.05, 0.1) is 11.0 Å². The molecule has 0 unspecified atom stereocenters. The Morgan fingerprint density at radius 3 is 2.88 bits per heavy atom. The first kappa shape index (κ1) is 16.8. The van der Waals surface area contributed by atoms with Crippen LogP contribution in [0.5, 0.6) is 11.5 Å². The van der Waals surface area contributed by atoms with Crippen LogP contribution in [0.1, 0.15) is 44.2 Å². The third kappa shape index (κ3) is 1.82. The molecule has 0 aromatic heterocycles. The van der Waals surface area contributed by atoms with Gasteiger partial charge in [0.1, 0.15) is 6.10 Å². The van der Waals surface area contributed by atoms with Crippen molar-refractivity contribution < 1.29 is 14.9 Å². The van der Waals surface area contributed by atoms with E-state index in [0.29, 0.717) is 11.7 Å². The number of nitrogens with one attached hydrogen (secondary N) is 1. The molecule has 1 aromatic carbocycles. The number of piperidine rings is 1. The highest BCUT2D eigenvalue weighted by Gasteiger charge is 2.72. The van der Waals surface area contributed by atoms with Gasteiger partial charge in [0.15, 0.2) is 11.5 Å². The smallest absolute Gasteiger partial charge is 0.165 e. The maximum Gasteiger partial charge on any atom is 0.165 e. The summed E-state index contributed by atoms with van der Waals surface area (Å²) in [4.78, 5) is 2.51. The van der Waals surface area contributed by atoms with Gasteiger partial charge in [-0.15, -0.1) is 0 Å². The van der Waals surface area contributed by atoms with Crippen molar-refractivity contribution in [3.05, 3.63) is 23.3 Å². The lowest BCUT2D eigenvalue weighted by Crippen LogP contribution is -2.78. The SMILES string of the molecule is CN[C@@H]1CC[C@@]2(O)[C@H]3Cc4ccc(O)c5c4[C@@]2(CCN3CC(C)C)[C@H]1O5. The monoisotopic (exact) mass is 358 g/mol. The van der Waals surface area contributed by atoms with Gasteiger partial charge in [-0.05, 0) is 56.8 Å². The Labute approximate surface area is 155 Å². The average Bonchev–Trinajstić information content (AvgIpc) is 2.94. The summed E-state index contributed by atoms with van der Waals surface area (Å²) in [6.07, 6.45) is 3.30. The summed E-state index contributed by atoms with van der Waals surface area (Å²) in [6.45, 7) is 6.50. The van der Waals surface area contributed by atoms with Crippen molar-refractivity contribution in [2.45, 2.75) is 68.7 Å². The van der Waals surface area contributed by atoms with Crippen LogP contribution in [0.2, 0.25) is 0 Å². The lowest BCUT2D eigenvalue weighted by atomic mass is 9.48. The zero-order chi connectivity index (χ0) is 18.3. The molecule has 0 amide bonds. The minimum Gasteiger partial charge on any atom is -0.504 e. The first-order chi connectivity index (χ1) is 12.4. The van der Waals surface area contributed by atoms with Crippen LogP contribution in [-0.4, -0.2) is 59.0 Å². The maximum absolute atomic E-state index is 12.2. The van der Waals surface area contributed by atoms with E-state index in [1.54, 1.807) is 6.07 Å². The molecule has 5 rings (SSSR count). The van der Waals surface area contributed by atoms with Crippen molar-refractivity contribution in [2.75, 3.05) is 20.1 Å². The number of aliphatic hydroxyl groups is 1. The highest BCUT2D eigenvalue weighted by atomic mass is 16.5. The minimum absolute atomic E-state index is 0.114. The molecule has 1 spiro atoms. The molecule has 2 aliphatic heterocycles. The number of likely N-dealkylation sites (N-methyl/N-ethyl adjacent to an activating group) is 1. The number of hydrogen-bond acceptors (Lipinski definition) is 5. The molecule has 4 aliphatic rings. The average molecular weight is 358 g/mol. The first-order valence-electron chi connectivity index (χ1n) is 10.1. The topological polar surface area (TPSA) is 65.0 Å². The maximum atomic E-state index is 12.2. The quantitative estimate of drug-likeness (QED) is 0.769. The normalized spacial score (nSPS) is 40.4. The molecule has 5 heteroatoms. The molecule has 3 N–H and O–H groups in total. The number of rotatable bonds is 3. The molecule has 1 saturated heterocycles. The van der Waals surface area contributed by atoms with E-state index in [1.807, 2.05) is 7.05 Å². The Balaban J connectivity index is 1.72. The molecule has 2 fully saturated rings. The Kier molecular flexibility index (Phi) is 3.48. The van der Waals surface area contributed by atoms with Gasteiger partial charge in [0.25, 0.3) is 0 Å². The Morgan fingerprint density at radius 1 is 1.35 bits per heavy atom. The number of likely N-dealkylation sites (tertiary alicyclic amines) is 1. The van der Waals surface area contributed by atoms with Crippen molar-refractivity contribution in [3.8, 4) is 11.5 Å². The van der Waals surface area contributed by atoms with Crippen LogP contribution in [-0.2, 0) is 11.8 Å². The van der Waals surface area contributed by atoms with Crippen molar-refractivity contribution in [2.24, 2.45) is 5.92 Å². The molecular weight excluding hydrogens is 328 g/mol. The van der Waals surface area contributed by atoms with Gasteiger partial charge in [0, 0.05) is 24.2 Å². The van der Waals surface area contributed by atoms with Crippen LogP contribution in [0.3, 0.4) is 0 Å². The highest BCUT2D eigenvalue weighted by Crippen LogP contribution is 2.65. The molecule has 1 aromatic rings. The summed E-state index contributed by atoms with van der Waals surface area (Å²) in [5, 5.41) is 26.1. The van der Waals surface area contributed by atoms with Crippen LogP contribution in [0.4, 0.5) is 0 Å². The summed E-state index contributed by atoms with van der Waals surface area (Å²) in [5.41, 5.74) is 1.16. The number of aromatic hydroxyl groups is 1. The van der Waals surface area contributed by atoms with E-state index in [0.717, 1.165) is 44.3 Å². The van der Waals surface area contributed by atoms with E-state index >= 15 is 0 Å². The number of benzene rings is 1. The van der Waals surface area contributed by atoms with E-state index in [4.69, 9.17) is 4.74 Å². The minimum atomic E-state index is -0.787. The van der Waals surface area contributed by atoms with Gasteiger partial charge in [-0.3, -0.25) is 4.90 Å². The van der Waals surface area contributed by atoms with E-state index in [-0.39, 0.29) is 23.9 Å². The Morgan fingerprint density at radius 2 is 2.15 bits per heavy atom. The van der Waals surface area contributed by atoms with Gasteiger partial charge in [0.2, 0.25) is 0 Å². The zero-order valence-electron chi connectivity index (χ0n) is 16.0. The third-order valence-electron chi connectivity index (χ3n) is 7.54. The van der Waals surface area contributed by atoms with Crippen LogP contribution in [0.15, 0.2) is 12.1 Å². The fraction of sp³-hybridized carbons (Fsp3) is 0.714. The number of nitrogens with zero attached hydrogens (tertiary/aromatic N) is 1. The summed E-state index contributed by atoms with van der Waals surface area (Å²) in [5.74, 6) is 1.42. The Hall–Kier alpha value is -1.30. The van der Waals surface area contributed by atoms with E-state index in [1.165, 1.54) is 5.56 Å². The molecule has 26 heavy (non-hydrogen) atoms. The molecule has 0 radical (unpaired) electrons. The fourth-order valence-electron chi connectivity index (χ4n) is 6.61. The number of hydrogen-bond donors (Lipinski definition) is 3. The molecule has 2 heterocycles. The van der Waals surface area contributed by atoms with Gasteiger partial charge in [-0.25, -0.2) is 0 Å². The predicted molar refractivity (Wildman–Crippen MR) is 99.8 cm³/mol. The van der Waals surface area contributed by atoms with Crippen LogP contribution < -0.4 is 10.1 Å². The zero-order valence-corrected chi connectivity index (χ0v) is 16.0. The number of ether oxygens (including phenoxy) is 1. The number of phenolic OH excluding ortho intramolecular Hbond substituents is 1. The van der Waals surface area contributed by atoms with Gasteiger partial charge < -0.3 is 20.3 Å². The molecular formula is C21H30N2O3. The van der Waals surface area contributed by atoms with Crippen LogP contribution in [0.25, 0.3) is 0 Å². The molecule has 5 atom stereocenters. The van der Waals surface area contributed by atoms with Crippen molar-refractivity contribution in [1.82, 2.24) is 10.2 Å². The van der Waals surface area contributed by atoms with Crippen molar-refractivity contribution in [3.63, 3.8) is 0 Å². The molecule has 1 saturated carbocycles. The number of phenols is 1. The van der Waals surface area contributed by atoms with Crippen molar-refractivity contribution in [1.29, 1.82) is 0 Å². The summed E-state index contributed by atoms with van der Waals surface area (Å²) in [7, 11) is 1.98. The predicted octanol–water partition coefficient (Wildman–Crippen LogP) is 1.79. The van der Waals surface area contributed by atoms with Gasteiger partial charge in [-0.2, -0.15) is 0 Å². The van der Waals surface area contributed by atoms with E-state index in [9.17, 15) is 10.2 Å². The summed E-state index contributed by atoms with van der Waals surface area (Å²) in [6, 6.07) is 4.15. The molecule has 142 valence electrons. The molecule has 2 aliphatic carbocycles. The van der Waals surface area contributed by atoms with Crippen molar-refractivity contribution >= 4 is 0 Å². The second-order valence-electron chi connectivity index (χ2n) is 9.17. The van der Waals surface area contributed by atoms with Gasteiger partial charge >= 0.3 is 0 Å². The largest absolute Gasteiger partial charge is 0.504 e. The molecule has 5 nitrogen and oxygen atoms in total. The van der Waals surface area contributed by atoms with E-state index in [2.05, 4.69) is 30.1 Å². The van der Waals surface area contributed by atoms with E-state index < -0.39 is 11.0 Å². The molecule has 2 bridgehead atoms. The van der Waals surface area contributed by atoms with Crippen LogP contribution >= 0.6 is 0 Å². The second kappa shape index (κ2) is 5.37. The first-order valence-corrected chi connectivity index (χ1v) is 10.1.